The van der Waals surface area contributed by atoms with Crippen LogP contribution in [0.1, 0.15) is 5.56 Å². The number of pyridine rings is 1. The van der Waals surface area contributed by atoms with Gasteiger partial charge in [0.1, 0.15) is 10.7 Å². The predicted octanol–water partition coefficient (Wildman–Crippen LogP) is 2.04. The summed E-state index contributed by atoms with van der Waals surface area (Å²) in [6.07, 6.45) is 3.18. The van der Waals surface area contributed by atoms with Crippen LogP contribution in [-0.4, -0.2) is 24.8 Å². The van der Waals surface area contributed by atoms with Gasteiger partial charge in [-0.3, -0.25) is 4.98 Å². The molecule has 0 aliphatic rings. The maximum absolute atomic E-state index is 13.6. The predicted molar refractivity (Wildman–Crippen MR) is 69.3 cm³/mol. The van der Waals surface area contributed by atoms with Crippen molar-refractivity contribution in [2.24, 2.45) is 0 Å². The number of sulfonamides is 1. The summed E-state index contributed by atoms with van der Waals surface area (Å²) >= 11 is 0. The lowest BCUT2D eigenvalue weighted by molar-refractivity contribution is 0.459. The molecule has 0 unspecified atom stereocenters. The lowest BCUT2D eigenvalue weighted by Gasteiger charge is -2.17. The summed E-state index contributed by atoms with van der Waals surface area (Å²) in [5, 5.41) is 0. The van der Waals surface area contributed by atoms with Crippen molar-refractivity contribution in [2.45, 2.75) is 11.4 Å². The number of halogens is 1. The average molecular weight is 280 g/mol. The van der Waals surface area contributed by atoms with Crippen LogP contribution < -0.4 is 0 Å². The molecule has 100 valence electrons. The first-order chi connectivity index (χ1) is 9.01. The Bertz CT molecular complexity index is 659. The molecule has 4 nitrogen and oxygen atoms in total. The van der Waals surface area contributed by atoms with Gasteiger partial charge in [-0.15, -0.1) is 0 Å². The normalized spacial score (nSPS) is 11.7. The highest BCUT2D eigenvalue weighted by Crippen LogP contribution is 2.19. The molecule has 0 amide bonds. The molecule has 0 radical (unpaired) electrons. The van der Waals surface area contributed by atoms with E-state index in [4.69, 9.17) is 0 Å². The molecule has 1 aromatic heterocycles. The fourth-order valence-corrected chi connectivity index (χ4v) is 2.88. The number of benzene rings is 1. The Kier molecular flexibility index (Phi) is 3.92. The quantitative estimate of drug-likeness (QED) is 0.861. The fourth-order valence-electron chi connectivity index (χ4n) is 1.66. The van der Waals surface area contributed by atoms with Crippen molar-refractivity contribution in [3.63, 3.8) is 0 Å². The molecular formula is C13H13FN2O2S. The fraction of sp³-hybridized carbons (Fsp3) is 0.154. The first-order valence-electron chi connectivity index (χ1n) is 5.61. The van der Waals surface area contributed by atoms with Crippen LogP contribution in [0.25, 0.3) is 0 Å². The Morgan fingerprint density at radius 3 is 2.58 bits per heavy atom. The Labute approximate surface area is 111 Å². The van der Waals surface area contributed by atoms with Crippen molar-refractivity contribution in [3.8, 4) is 0 Å². The van der Waals surface area contributed by atoms with Gasteiger partial charge < -0.3 is 0 Å². The SMILES string of the molecule is CN(Cc1cccnc1)S(=O)(=O)c1ccccc1F. The summed E-state index contributed by atoms with van der Waals surface area (Å²) in [5.41, 5.74) is 0.741. The second kappa shape index (κ2) is 5.46. The molecule has 0 N–H and O–H groups in total. The number of rotatable bonds is 4. The molecule has 1 aromatic carbocycles. The van der Waals surface area contributed by atoms with Gasteiger partial charge in [-0.05, 0) is 23.8 Å². The van der Waals surface area contributed by atoms with Crippen LogP contribution in [0.2, 0.25) is 0 Å². The van der Waals surface area contributed by atoms with Crippen LogP contribution in [-0.2, 0) is 16.6 Å². The monoisotopic (exact) mass is 280 g/mol. The van der Waals surface area contributed by atoms with E-state index in [1.807, 2.05) is 0 Å². The van der Waals surface area contributed by atoms with Crippen LogP contribution >= 0.6 is 0 Å². The molecule has 0 spiro atoms. The van der Waals surface area contributed by atoms with E-state index in [2.05, 4.69) is 4.98 Å². The zero-order valence-electron chi connectivity index (χ0n) is 10.3. The van der Waals surface area contributed by atoms with Crippen molar-refractivity contribution >= 4 is 10.0 Å². The maximum atomic E-state index is 13.6. The minimum absolute atomic E-state index is 0.143. The molecule has 2 rings (SSSR count). The van der Waals surface area contributed by atoms with Gasteiger partial charge in [0.25, 0.3) is 0 Å². The van der Waals surface area contributed by atoms with Crippen molar-refractivity contribution in [2.75, 3.05) is 7.05 Å². The lowest BCUT2D eigenvalue weighted by Crippen LogP contribution is -2.27. The summed E-state index contributed by atoms with van der Waals surface area (Å²) in [6.45, 7) is 0.143. The van der Waals surface area contributed by atoms with E-state index in [-0.39, 0.29) is 11.4 Å². The van der Waals surface area contributed by atoms with Crippen LogP contribution in [0.15, 0.2) is 53.7 Å². The molecule has 19 heavy (non-hydrogen) atoms. The highest BCUT2D eigenvalue weighted by Gasteiger charge is 2.24. The highest BCUT2D eigenvalue weighted by molar-refractivity contribution is 7.89. The number of hydrogen-bond acceptors (Lipinski definition) is 3. The minimum atomic E-state index is -3.84. The Balaban J connectivity index is 2.28. The van der Waals surface area contributed by atoms with Crippen molar-refractivity contribution in [3.05, 3.63) is 60.2 Å². The van der Waals surface area contributed by atoms with Gasteiger partial charge in [0.15, 0.2) is 0 Å². The van der Waals surface area contributed by atoms with Crippen LogP contribution in [0.4, 0.5) is 4.39 Å². The van der Waals surface area contributed by atoms with Crippen molar-refractivity contribution < 1.29 is 12.8 Å². The van der Waals surface area contributed by atoms with E-state index in [9.17, 15) is 12.8 Å². The second-order valence-corrected chi connectivity index (χ2v) is 6.07. The van der Waals surface area contributed by atoms with E-state index in [0.717, 1.165) is 15.9 Å². The Morgan fingerprint density at radius 2 is 1.95 bits per heavy atom. The topological polar surface area (TPSA) is 50.3 Å². The molecule has 6 heteroatoms. The molecule has 0 bridgehead atoms. The molecule has 0 saturated carbocycles. The zero-order chi connectivity index (χ0) is 13.9. The summed E-state index contributed by atoms with van der Waals surface area (Å²) < 4.78 is 39.1. The van der Waals surface area contributed by atoms with Crippen LogP contribution in [0.5, 0.6) is 0 Å². The van der Waals surface area contributed by atoms with Crippen LogP contribution in [0.3, 0.4) is 0 Å². The molecule has 2 aromatic rings. The third-order valence-electron chi connectivity index (χ3n) is 2.65. The van der Waals surface area contributed by atoms with E-state index in [0.29, 0.717) is 0 Å². The van der Waals surface area contributed by atoms with Gasteiger partial charge in [-0.1, -0.05) is 18.2 Å². The summed E-state index contributed by atoms with van der Waals surface area (Å²) in [5.74, 6) is -0.750. The first-order valence-corrected chi connectivity index (χ1v) is 7.05. The smallest absolute Gasteiger partial charge is 0.246 e. The zero-order valence-corrected chi connectivity index (χ0v) is 11.1. The molecule has 1 heterocycles. The van der Waals surface area contributed by atoms with E-state index < -0.39 is 15.8 Å². The van der Waals surface area contributed by atoms with Crippen molar-refractivity contribution in [1.82, 2.24) is 9.29 Å². The summed E-state index contributed by atoms with van der Waals surface area (Å²) in [6, 6.07) is 8.82. The Morgan fingerprint density at radius 1 is 1.21 bits per heavy atom. The number of nitrogens with zero attached hydrogens (tertiary/aromatic N) is 2. The average Bonchev–Trinajstić information content (AvgIpc) is 2.40. The largest absolute Gasteiger partial charge is 0.264 e. The van der Waals surface area contributed by atoms with Gasteiger partial charge in [0.05, 0.1) is 0 Å². The Hall–Kier alpha value is -1.79. The summed E-state index contributed by atoms with van der Waals surface area (Å²) in [4.78, 5) is 3.60. The van der Waals surface area contributed by atoms with Gasteiger partial charge in [-0.25, -0.2) is 12.8 Å². The van der Waals surface area contributed by atoms with E-state index in [1.165, 1.54) is 25.2 Å². The minimum Gasteiger partial charge on any atom is -0.264 e. The van der Waals surface area contributed by atoms with E-state index >= 15 is 0 Å². The standard InChI is InChI=1S/C13H13FN2O2S/c1-16(10-11-5-4-8-15-9-11)19(17,18)13-7-3-2-6-12(13)14/h2-9H,10H2,1H3. The second-order valence-electron chi connectivity index (χ2n) is 4.05. The van der Waals surface area contributed by atoms with Gasteiger partial charge in [0.2, 0.25) is 10.0 Å². The number of hydrogen-bond donors (Lipinski definition) is 0. The molecule has 0 atom stereocenters. The third-order valence-corrected chi connectivity index (χ3v) is 4.49. The summed E-state index contributed by atoms with van der Waals surface area (Å²) in [7, 11) is -2.43. The van der Waals surface area contributed by atoms with E-state index in [1.54, 1.807) is 24.5 Å². The van der Waals surface area contributed by atoms with Gasteiger partial charge >= 0.3 is 0 Å². The maximum Gasteiger partial charge on any atom is 0.246 e. The molecule has 0 fully saturated rings. The van der Waals surface area contributed by atoms with Gasteiger partial charge in [-0.2, -0.15) is 4.31 Å². The van der Waals surface area contributed by atoms with Crippen LogP contribution in [0, 0.1) is 5.82 Å². The van der Waals surface area contributed by atoms with Gasteiger partial charge in [0, 0.05) is 26.0 Å². The molecule has 0 aliphatic heterocycles. The lowest BCUT2D eigenvalue weighted by atomic mass is 10.3. The molecular weight excluding hydrogens is 267 g/mol. The first kappa shape index (κ1) is 13.6. The number of aromatic nitrogens is 1. The molecule has 0 saturated heterocycles. The third kappa shape index (κ3) is 2.97. The van der Waals surface area contributed by atoms with Crippen molar-refractivity contribution in [1.29, 1.82) is 0 Å². The highest BCUT2D eigenvalue weighted by atomic mass is 32.2. The molecule has 0 aliphatic carbocycles.